The van der Waals surface area contributed by atoms with Gasteiger partial charge in [0.15, 0.2) is 0 Å². The van der Waals surface area contributed by atoms with Crippen LogP contribution in [0.5, 0.6) is 0 Å². The van der Waals surface area contributed by atoms with Crippen molar-refractivity contribution in [3.05, 3.63) is 12.2 Å². The van der Waals surface area contributed by atoms with E-state index in [-0.39, 0.29) is 5.57 Å². The molecule has 0 aliphatic heterocycles. The highest BCUT2D eigenvalue weighted by atomic mass is 28.4. The SMILES string of the molecule is C=C(CCCC[Si](OCC)(OCC)OCC)C(=O)O. The minimum atomic E-state index is -2.57. The van der Waals surface area contributed by atoms with E-state index in [1.807, 2.05) is 20.8 Å². The van der Waals surface area contributed by atoms with Crippen LogP contribution >= 0.6 is 0 Å². The topological polar surface area (TPSA) is 65.0 Å². The predicted octanol–water partition coefficient (Wildman–Crippen LogP) is 2.85. The van der Waals surface area contributed by atoms with Gasteiger partial charge in [-0.2, -0.15) is 0 Å². The lowest BCUT2D eigenvalue weighted by molar-refractivity contribution is -0.132. The smallest absolute Gasteiger partial charge is 0.478 e. The summed E-state index contributed by atoms with van der Waals surface area (Å²) < 4.78 is 17.2. The molecular formula is C13H26O5Si. The van der Waals surface area contributed by atoms with Crippen LogP contribution in [0.2, 0.25) is 6.04 Å². The van der Waals surface area contributed by atoms with Gasteiger partial charge in [0.1, 0.15) is 0 Å². The summed E-state index contributed by atoms with van der Waals surface area (Å²) in [6, 6.07) is 0.718. The molecule has 0 aliphatic carbocycles. The summed E-state index contributed by atoms with van der Waals surface area (Å²) in [6.07, 6.45) is 2.07. The largest absolute Gasteiger partial charge is 0.500 e. The van der Waals surface area contributed by atoms with Gasteiger partial charge < -0.3 is 18.4 Å². The van der Waals surface area contributed by atoms with Gasteiger partial charge >= 0.3 is 14.8 Å². The molecule has 5 nitrogen and oxygen atoms in total. The van der Waals surface area contributed by atoms with Gasteiger partial charge in [-0.25, -0.2) is 4.79 Å². The maximum Gasteiger partial charge on any atom is 0.500 e. The Labute approximate surface area is 116 Å². The molecule has 0 radical (unpaired) electrons. The first-order chi connectivity index (χ1) is 9.01. The van der Waals surface area contributed by atoms with Crippen LogP contribution in [-0.2, 0) is 18.1 Å². The Morgan fingerprint density at radius 2 is 1.53 bits per heavy atom. The fourth-order valence-corrected chi connectivity index (χ4v) is 4.47. The first-order valence-corrected chi connectivity index (χ1v) is 8.77. The molecule has 0 saturated heterocycles. The van der Waals surface area contributed by atoms with E-state index in [4.69, 9.17) is 18.4 Å². The van der Waals surface area contributed by atoms with Crippen molar-refractivity contribution in [1.29, 1.82) is 0 Å². The van der Waals surface area contributed by atoms with Crippen molar-refractivity contribution in [2.24, 2.45) is 0 Å². The number of aliphatic carboxylic acids is 1. The maximum atomic E-state index is 10.6. The normalized spacial score (nSPS) is 11.5. The molecule has 1 N–H and O–H groups in total. The summed E-state index contributed by atoms with van der Waals surface area (Å²) in [5, 5.41) is 8.73. The van der Waals surface area contributed by atoms with Gasteiger partial charge in [0.2, 0.25) is 0 Å². The third-order valence-electron chi connectivity index (χ3n) is 2.61. The molecule has 0 rings (SSSR count). The van der Waals surface area contributed by atoms with Crippen molar-refractivity contribution in [3.8, 4) is 0 Å². The number of unbranched alkanes of at least 4 members (excludes halogenated alkanes) is 1. The molecule has 0 heterocycles. The Morgan fingerprint density at radius 1 is 1.05 bits per heavy atom. The van der Waals surface area contributed by atoms with Crippen LogP contribution in [0.15, 0.2) is 12.2 Å². The molecule has 0 amide bonds. The highest BCUT2D eigenvalue weighted by molar-refractivity contribution is 6.60. The third kappa shape index (κ3) is 7.46. The standard InChI is InChI=1S/C13H26O5Si/c1-5-16-19(17-6-2,18-7-3)11-9-8-10-12(4)13(14)15/h4-11H2,1-3H3,(H,14,15). The minimum Gasteiger partial charge on any atom is -0.478 e. The van der Waals surface area contributed by atoms with Crippen LogP contribution in [0, 0.1) is 0 Å². The summed E-state index contributed by atoms with van der Waals surface area (Å²) in [7, 11) is -2.57. The molecule has 0 saturated carbocycles. The van der Waals surface area contributed by atoms with Crippen LogP contribution in [0.1, 0.15) is 40.0 Å². The van der Waals surface area contributed by atoms with Crippen molar-refractivity contribution < 1.29 is 23.2 Å². The van der Waals surface area contributed by atoms with Crippen LogP contribution in [0.3, 0.4) is 0 Å². The molecule has 0 atom stereocenters. The van der Waals surface area contributed by atoms with E-state index < -0.39 is 14.8 Å². The second-order valence-corrected chi connectivity index (χ2v) is 6.83. The van der Waals surface area contributed by atoms with Gasteiger partial charge in [-0.3, -0.25) is 0 Å². The number of carbonyl (C=O) groups is 1. The second-order valence-electron chi connectivity index (χ2n) is 4.10. The van der Waals surface area contributed by atoms with Crippen LogP contribution in [0.4, 0.5) is 0 Å². The molecule has 0 aromatic carbocycles. The molecule has 0 aromatic rings. The van der Waals surface area contributed by atoms with E-state index in [0.29, 0.717) is 26.2 Å². The molecule has 112 valence electrons. The number of rotatable bonds is 12. The average Bonchev–Trinajstić information content (AvgIpc) is 2.35. The molecular weight excluding hydrogens is 264 g/mol. The number of carboxylic acid groups (broad SMARTS) is 1. The van der Waals surface area contributed by atoms with Gasteiger partial charge in [0.25, 0.3) is 0 Å². The van der Waals surface area contributed by atoms with E-state index in [1.165, 1.54) is 0 Å². The molecule has 19 heavy (non-hydrogen) atoms. The summed E-state index contributed by atoms with van der Waals surface area (Å²) in [4.78, 5) is 10.6. The number of hydrogen-bond acceptors (Lipinski definition) is 4. The molecule has 0 bridgehead atoms. The molecule has 0 unspecified atom stereocenters. The lowest BCUT2D eigenvalue weighted by Gasteiger charge is -2.28. The highest BCUT2D eigenvalue weighted by Crippen LogP contribution is 2.20. The lowest BCUT2D eigenvalue weighted by Crippen LogP contribution is -2.45. The average molecular weight is 290 g/mol. The minimum absolute atomic E-state index is 0.247. The van der Waals surface area contributed by atoms with Gasteiger partial charge in [-0.15, -0.1) is 0 Å². The number of hydrogen-bond donors (Lipinski definition) is 1. The van der Waals surface area contributed by atoms with Crippen molar-refractivity contribution >= 4 is 14.8 Å². The molecule has 0 aromatic heterocycles. The van der Waals surface area contributed by atoms with E-state index >= 15 is 0 Å². The Bertz CT molecular complexity index is 263. The zero-order valence-electron chi connectivity index (χ0n) is 12.2. The first kappa shape index (κ1) is 18.3. The summed E-state index contributed by atoms with van der Waals surface area (Å²) in [5.41, 5.74) is 0.247. The van der Waals surface area contributed by atoms with Crippen molar-refractivity contribution in [2.75, 3.05) is 19.8 Å². The highest BCUT2D eigenvalue weighted by Gasteiger charge is 2.39. The Balaban J connectivity index is 4.24. The summed E-state index contributed by atoms with van der Waals surface area (Å²) in [6.45, 7) is 11.0. The monoisotopic (exact) mass is 290 g/mol. The quantitative estimate of drug-likeness (QED) is 0.340. The Kier molecular flexibility index (Phi) is 9.77. The van der Waals surface area contributed by atoms with E-state index in [2.05, 4.69) is 6.58 Å². The van der Waals surface area contributed by atoms with Crippen LogP contribution in [0.25, 0.3) is 0 Å². The van der Waals surface area contributed by atoms with Crippen molar-refractivity contribution in [1.82, 2.24) is 0 Å². The summed E-state index contributed by atoms with van der Waals surface area (Å²) >= 11 is 0. The van der Waals surface area contributed by atoms with Crippen LogP contribution in [-0.4, -0.2) is 39.7 Å². The zero-order valence-corrected chi connectivity index (χ0v) is 13.2. The Hall–Kier alpha value is -0.693. The Morgan fingerprint density at radius 3 is 1.89 bits per heavy atom. The van der Waals surface area contributed by atoms with Crippen molar-refractivity contribution in [3.63, 3.8) is 0 Å². The predicted molar refractivity (Wildman–Crippen MR) is 76.1 cm³/mol. The van der Waals surface area contributed by atoms with E-state index in [1.54, 1.807) is 0 Å². The second kappa shape index (κ2) is 10.1. The molecule has 0 aliphatic rings. The lowest BCUT2D eigenvalue weighted by atomic mass is 10.1. The van der Waals surface area contributed by atoms with Gasteiger partial charge in [0.05, 0.1) is 0 Å². The fourth-order valence-electron chi connectivity index (χ4n) is 1.79. The van der Waals surface area contributed by atoms with Crippen molar-refractivity contribution in [2.45, 2.75) is 46.1 Å². The third-order valence-corrected chi connectivity index (χ3v) is 5.76. The maximum absolute atomic E-state index is 10.6. The molecule has 0 spiro atoms. The van der Waals surface area contributed by atoms with Gasteiger partial charge in [-0.1, -0.05) is 6.58 Å². The van der Waals surface area contributed by atoms with Crippen LogP contribution < -0.4 is 0 Å². The molecule has 0 fully saturated rings. The van der Waals surface area contributed by atoms with E-state index in [9.17, 15) is 4.79 Å². The zero-order chi connectivity index (χ0) is 14.7. The van der Waals surface area contributed by atoms with Gasteiger partial charge in [-0.05, 0) is 40.0 Å². The fraction of sp³-hybridized carbons (Fsp3) is 0.769. The first-order valence-electron chi connectivity index (χ1n) is 6.84. The van der Waals surface area contributed by atoms with Gasteiger partial charge in [0, 0.05) is 31.4 Å². The molecule has 6 heteroatoms. The summed E-state index contributed by atoms with van der Waals surface area (Å²) in [5.74, 6) is -0.928. The van der Waals surface area contributed by atoms with E-state index in [0.717, 1.165) is 18.9 Å². The number of carboxylic acids is 1.